The molecule has 3 rings (SSSR count). The van der Waals surface area contributed by atoms with Gasteiger partial charge in [0, 0.05) is 0 Å². The Morgan fingerprint density at radius 1 is 0.952 bits per heavy atom. The fraction of sp³-hybridized carbons (Fsp3) is 0.263. The Labute approximate surface area is 125 Å². The monoisotopic (exact) mass is 278 g/mol. The molecule has 2 heteroatoms. The van der Waals surface area contributed by atoms with Crippen LogP contribution in [0, 0.1) is 11.8 Å². The molecule has 0 aromatic heterocycles. The molecule has 0 amide bonds. The highest BCUT2D eigenvalue weighted by molar-refractivity contribution is 5.32. The average Bonchev–Trinajstić information content (AvgIpc) is 2.51. The molecule has 0 radical (unpaired) electrons. The Morgan fingerprint density at radius 2 is 1.52 bits per heavy atom. The van der Waals surface area contributed by atoms with Gasteiger partial charge < -0.3 is 10.2 Å². The second-order valence-electron chi connectivity index (χ2n) is 5.63. The number of aliphatic hydroxyl groups is 2. The minimum atomic E-state index is -0.962. The molecule has 1 aliphatic carbocycles. The van der Waals surface area contributed by atoms with Crippen LogP contribution in [0.25, 0.3) is 0 Å². The highest BCUT2D eigenvalue weighted by Crippen LogP contribution is 2.44. The van der Waals surface area contributed by atoms with Crippen molar-refractivity contribution in [1.29, 1.82) is 0 Å². The van der Waals surface area contributed by atoms with E-state index in [1.807, 2.05) is 48.5 Å². The predicted molar refractivity (Wildman–Crippen MR) is 82.5 cm³/mol. The zero-order chi connectivity index (χ0) is 14.7. The summed E-state index contributed by atoms with van der Waals surface area (Å²) in [6.45, 7) is 0. The summed E-state index contributed by atoms with van der Waals surface area (Å²) in [4.78, 5) is 0. The molecular weight excluding hydrogens is 260 g/mol. The SMILES string of the molecule is OC(C#CC1(O)CC(c2ccccc2)C1)c1ccccc1. The van der Waals surface area contributed by atoms with Crippen molar-refractivity contribution in [3.05, 3.63) is 71.8 Å². The molecule has 106 valence electrons. The molecular formula is C19H18O2. The molecule has 2 nitrogen and oxygen atoms in total. The lowest BCUT2D eigenvalue weighted by atomic mass is 9.68. The van der Waals surface area contributed by atoms with Crippen LogP contribution in [-0.2, 0) is 0 Å². The lowest BCUT2D eigenvalue weighted by Gasteiger charge is -2.40. The second kappa shape index (κ2) is 5.73. The molecule has 0 spiro atoms. The van der Waals surface area contributed by atoms with Gasteiger partial charge in [0.25, 0.3) is 0 Å². The third-order valence-electron chi connectivity index (χ3n) is 4.00. The zero-order valence-corrected chi connectivity index (χ0v) is 11.7. The Balaban J connectivity index is 1.64. The Hall–Kier alpha value is -2.08. The third-order valence-corrected chi connectivity index (χ3v) is 4.00. The van der Waals surface area contributed by atoms with E-state index in [0.29, 0.717) is 18.8 Å². The maximum Gasteiger partial charge on any atom is 0.140 e. The first-order valence-corrected chi connectivity index (χ1v) is 7.19. The molecule has 1 saturated carbocycles. The van der Waals surface area contributed by atoms with Crippen molar-refractivity contribution in [3.63, 3.8) is 0 Å². The summed E-state index contributed by atoms with van der Waals surface area (Å²) >= 11 is 0. The van der Waals surface area contributed by atoms with Gasteiger partial charge >= 0.3 is 0 Å². The first kappa shape index (κ1) is 13.9. The zero-order valence-electron chi connectivity index (χ0n) is 11.7. The number of aliphatic hydroxyl groups excluding tert-OH is 1. The van der Waals surface area contributed by atoms with Gasteiger partial charge in [-0.3, -0.25) is 0 Å². The second-order valence-corrected chi connectivity index (χ2v) is 5.63. The standard InChI is InChI=1S/C19H18O2/c20-18(16-9-5-2-6-10-16)11-12-19(21)13-17(14-19)15-7-3-1-4-8-15/h1-10,17-18,20-21H,13-14H2. The van der Waals surface area contributed by atoms with Gasteiger partial charge in [-0.15, -0.1) is 0 Å². The molecule has 1 aliphatic rings. The average molecular weight is 278 g/mol. The van der Waals surface area contributed by atoms with Gasteiger partial charge in [-0.05, 0) is 29.9 Å². The van der Waals surface area contributed by atoms with E-state index in [1.165, 1.54) is 5.56 Å². The number of hydrogen-bond acceptors (Lipinski definition) is 2. The van der Waals surface area contributed by atoms with E-state index in [0.717, 1.165) is 5.56 Å². The first-order valence-electron chi connectivity index (χ1n) is 7.19. The van der Waals surface area contributed by atoms with E-state index < -0.39 is 11.7 Å². The molecule has 0 heterocycles. The smallest absolute Gasteiger partial charge is 0.140 e. The summed E-state index contributed by atoms with van der Waals surface area (Å²) in [5, 5.41) is 20.4. The fourth-order valence-electron chi connectivity index (χ4n) is 2.74. The van der Waals surface area contributed by atoms with Crippen LogP contribution < -0.4 is 0 Å². The molecule has 2 N–H and O–H groups in total. The molecule has 0 saturated heterocycles. The van der Waals surface area contributed by atoms with Crippen molar-refractivity contribution < 1.29 is 10.2 Å². The molecule has 0 aliphatic heterocycles. The van der Waals surface area contributed by atoms with E-state index in [-0.39, 0.29) is 0 Å². The van der Waals surface area contributed by atoms with Crippen LogP contribution in [0.3, 0.4) is 0 Å². The summed E-state index contributed by atoms with van der Waals surface area (Å²) in [6.07, 6.45) is 0.419. The minimum Gasteiger partial charge on any atom is -0.378 e. The predicted octanol–water partition coefficient (Wildman–Crippen LogP) is 3.03. The maximum absolute atomic E-state index is 10.4. The van der Waals surface area contributed by atoms with Crippen molar-refractivity contribution in [3.8, 4) is 11.8 Å². The molecule has 1 unspecified atom stereocenters. The molecule has 2 aromatic carbocycles. The van der Waals surface area contributed by atoms with Crippen molar-refractivity contribution in [2.75, 3.05) is 0 Å². The highest BCUT2D eigenvalue weighted by atomic mass is 16.3. The molecule has 1 fully saturated rings. The Morgan fingerprint density at radius 3 is 2.14 bits per heavy atom. The lowest BCUT2D eigenvalue weighted by molar-refractivity contribution is 0.00551. The van der Waals surface area contributed by atoms with Crippen molar-refractivity contribution in [1.82, 2.24) is 0 Å². The van der Waals surface area contributed by atoms with Gasteiger partial charge in [-0.1, -0.05) is 72.5 Å². The Kier molecular flexibility index (Phi) is 3.79. The molecule has 2 aromatic rings. The summed E-state index contributed by atoms with van der Waals surface area (Å²) in [5.74, 6) is 5.98. The topological polar surface area (TPSA) is 40.5 Å². The van der Waals surface area contributed by atoms with E-state index in [1.54, 1.807) is 0 Å². The van der Waals surface area contributed by atoms with Gasteiger partial charge in [0.05, 0.1) is 0 Å². The van der Waals surface area contributed by atoms with Gasteiger partial charge in [0.2, 0.25) is 0 Å². The number of rotatable bonds is 2. The van der Waals surface area contributed by atoms with E-state index in [9.17, 15) is 10.2 Å². The van der Waals surface area contributed by atoms with Crippen LogP contribution >= 0.6 is 0 Å². The first-order chi connectivity index (χ1) is 10.2. The quantitative estimate of drug-likeness (QED) is 0.829. The van der Waals surface area contributed by atoms with Crippen LogP contribution in [0.4, 0.5) is 0 Å². The van der Waals surface area contributed by atoms with Crippen molar-refractivity contribution in [2.45, 2.75) is 30.5 Å². The minimum absolute atomic E-state index is 0.361. The van der Waals surface area contributed by atoms with Crippen molar-refractivity contribution in [2.24, 2.45) is 0 Å². The van der Waals surface area contributed by atoms with Gasteiger partial charge in [0.15, 0.2) is 0 Å². The molecule has 0 bridgehead atoms. The summed E-state index contributed by atoms with van der Waals surface area (Å²) in [5.41, 5.74) is 1.04. The lowest BCUT2D eigenvalue weighted by Crippen LogP contribution is -2.41. The maximum atomic E-state index is 10.4. The summed E-state index contributed by atoms with van der Waals surface area (Å²) in [7, 11) is 0. The van der Waals surface area contributed by atoms with Crippen LogP contribution in [0.1, 0.15) is 36.0 Å². The van der Waals surface area contributed by atoms with Crippen LogP contribution in [0.5, 0.6) is 0 Å². The largest absolute Gasteiger partial charge is 0.378 e. The Bertz CT molecular complexity index is 646. The van der Waals surface area contributed by atoms with Crippen LogP contribution in [0.2, 0.25) is 0 Å². The van der Waals surface area contributed by atoms with Gasteiger partial charge in [-0.2, -0.15) is 0 Å². The van der Waals surface area contributed by atoms with E-state index in [2.05, 4.69) is 24.0 Å². The summed E-state index contributed by atoms with van der Waals surface area (Å²) in [6, 6.07) is 19.5. The van der Waals surface area contributed by atoms with Crippen LogP contribution in [0.15, 0.2) is 60.7 Å². The van der Waals surface area contributed by atoms with Crippen molar-refractivity contribution >= 4 is 0 Å². The van der Waals surface area contributed by atoms with Crippen LogP contribution in [-0.4, -0.2) is 15.8 Å². The van der Waals surface area contributed by atoms with Gasteiger partial charge in [0.1, 0.15) is 11.7 Å². The normalized spacial score (nSPS) is 25.3. The third kappa shape index (κ3) is 3.16. The van der Waals surface area contributed by atoms with E-state index in [4.69, 9.17) is 0 Å². The highest BCUT2D eigenvalue weighted by Gasteiger charge is 2.42. The molecule has 21 heavy (non-hydrogen) atoms. The summed E-state index contributed by atoms with van der Waals surface area (Å²) < 4.78 is 0. The van der Waals surface area contributed by atoms with E-state index >= 15 is 0 Å². The molecule has 1 atom stereocenters. The number of hydrogen-bond donors (Lipinski definition) is 2. The fourth-order valence-corrected chi connectivity index (χ4v) is 2.74. The number of benzene rings is 2. The van der Waals surface area contributed by atoms with Gasteiger partial charge in [-0.25, -0.2) is 0 Å².